The zero-order valence-electron chi connectivity index (χ0n) is 11.2. The molecule has 0 aliphatic carbocycles. The highest BCUT2D eigenvalue weighted by molar-refractivity contribution is 7.90. The molecule has 1 aliphatic rings. The molecule has 1 aromatic rings. The van der Waals surface area contributed by atoms with Gasteiger partial charge in [0.25, 0.3) is 0 Å². The smallest absolute Gasteiger partial charge is 0.301 e. The van der Waals surface area contributed by atoms with E-state index in [-0.39, 0.29) is 0 Å². The van der Waals surface area contributed by atoms with Crippen LogP contribution < -0.4 is 10.0 Å². The van der Waals surface area contributed by atoms with Crippen molar-refractivity contribution in [3.8, 4) is 0 Å². The van der Waals surface area contributed by atoms with E-state index in [1.54, 1.807) is 6.07 Å². The van der Waals surface area contributed by atoms with E-state index in [0.29, 0.717) is 25.3 Å². The predicted molar refractivity (Wildman–Crippen MR) is 77.2 cm³/mol. The predicted octanol–water partition coefficient (Wildman–Crippen LogP) is 1.55. The van der Waals surface area contributed by atoms with Crippen LogP contribution in [0.15, 0.2) is 24.3 Å². The van der Waals surface area contributed by atoms with Crippen LogP contribution >= 0.6 is 0 Å². The van der Waals surface area contributed by atoms with E-state index in [9.17, 15) is 8.42 Å². The van der Waals surface area contributed by atoms with Crippen LogP contribution in [0.4, 0.5) is 5.69 Å². The molecule has 0 spiro atoms. The lowest BCUT2D eigenvalue weighted by atomic mass is 10.2. The fraction of sp³-hybridized carbons (Fsp3) is 0.538. The summed E-state index contributed by atoms with van der Waals surface area (Å²) in [6.07, 6.45) is 3.00. The van der Waals surface area contributed by atoms with Gasteiger partial charge in [-0.2, -0.15) is 12.7 Å². The van der Waals surface area contributed by atoms with Crippen molar-refractivity contribution in [3.05, 3.63) is 29.8 Å². The number of piperidine rings is 1. The first-order valence-corrected chi connectivity index (χ1v) is 8.08. The van der Waals surface area contributed by atoms with Gasteiger partial charge in [-0.15, -0.1) is 0 Å². The average molecular weight is 283 g/mol. The van der Waals surface area contributed by atoms with Crippen molar-refractivity contribution in [2.45, 2.75) is 25.8 Å². The molecule has 6 heteroatoms. The van der Waals surface area contributed by atoms with Crippen molar-refractivity contribution in [2.75, 3.05) is 24.9 Å². The molecule has 0 amide bonds. The molecule has 0 unspecified atom stereocenters. The van der Waals surface area contributed by atoms with Crippen molar-refractivity contribution in [1.82, 2.24) is 9.62 Å². The topological polar surface area (TPSA) is 61.4 Å². The van der Waals surface area contributed by atoms with Crippen LogP contribution in [0.1, 0.15) is 24.8 Å². The van der Waals surface area contributed by atoms with Gasteiger partial charge in [0, 0.05) is 19.6 Å². The lowest BCUT2D eigenvalue weighted by Gasteiger charge is -2.26. The summed E-state index contributed by atoms with van der Waals surface area (Å²) in [6, 6.07) is 7.47. The molecule has 1 aliphatic heterocycles. The van der Waals surface area contributed by atoms with Crippen LogP contribution in [0.5, 0.6) is 0 Å². The Labute approximate surface area is 115 Å². The van der Waals surface area contributed by atoms with Crippen LogP contribution in [-0.4, -0.2) is 32.9 Å². The summed E-state index contributed by atoms with van der Waals surface area (Å²) >= 11 is 0. The summed E-state index contributed by atoms with van der Waals surface area (Å²) in [5, 5.41) is 3.04. The van der Waals surface area contributed by atoms with Crippen LogP contribution in [0.3, 0.4) is 0 Å². The Morgan fingerprint density at radius 2 is 1.84 bits per heavy atom. The van der Waals surface area contributed by atoms with Crippen molar-refractivity contribution in [2.24, 2.45) is 0 Å². The molecule has 0 atom stereocenters. The van der Waals surface area contributed by atoms with Crippen molar-refractivity contribution >= 4 is 15.9 Å². The van der Waals surface area contributed by atoms with Gasteiger partial charge in [0.1, 0.15) is 0 Å². The number of hydrogen-bond donors (Lipinski definition) is 2. The third-order valence-corrected chi connectivity index (χ3v) is 4.80. The van der Waals surface area contributed by atoms with Gasteiger partial charge in [0.05, 0.1) is 5.69 Å². The van der Waals surface area contributed by atoms with Gasteiger partial charge >= 0.3 is 10.2 Å². The quantitative estimate of drug-likeness (QED) is 0.862. The first kappa shape index (κ1) is 14.3. The Morgan fingerprint density at radius 1 is 1.16 bits per heavy atom. The second-order valence-corrected chi connectivity index (χ2v) is 6.42. The molecule has 1 fully saturated rings. The van der Waals surface area contributed by atoms with Gasteiger partial charge in [0.2, 0.25) is 0 Å². The molecule has 2 N–H and O–H groups in total. The summed E-state index contributed by atoms with van der Waals surface area (Å²) in [4.78, 5) is 0. The van der Waals surface area contributed by atoms with Gasteiger partial charge in [-0.05, 0) is 31.5 Å². The largest absolute Gasteiger partial charge is 0.316 e. The van der Waals surface area contributed by atoms with E-state index in [2.05, 4.69) is 10.0 Å². The molecule has 1 heterocycles. The van der Waals surface area contributed by atoms with E-state index < -0.39 is 10.2 Å². The summed E-state index contributed by atoms with van der Waals surface area (Å²) in [6.45, 7) is 1.87. The number of benzene rings is 1. The highest BCUT2D eigenvalue weighted by Gasteiger charge is 2.24. The number of hydrogen-bond acceptors (Lipinski definition) is 3. The molecular formula is C13H21N3O2S. The maximum atomic E-state index is 12.3. The van der Waals surface area contributed by atoms with E-state index in [1.807, 2.05) is 25.2 Å². The Balaban J connectivity index is 2.15. The van der Waals surface area contributed by atoms with Gasteiger partial charge in [-0.25, -0.2) is 0 Å². The normalized spacial score (nSPS) is 17.3. The molecule has 5 nitrogen and oxygen atoms in total. The molecule has 1 aromatic carbocycles. The van der Waals surface area contributed by atoms with Crippen LogP contribution in [0.2, 0.25) is 0 Å². The fourth-order valence-corrected chi connectivity index (χ4v) is 3.62. The summed E-state index contributed by atoms with van der Waals surface area (Å²) in [5.41, 5.74) is 1.60. The SMILES string of the molecule is CNCc1ccccc1NS(=O)(=O)N1CCCCC1. The third-order valence-electron chi connectivity index (χ3n) is 3.28. The van der Waals surface area contributed by atoms with Gasteiger partial charge < -0.3 is 5.32 Å². The van der Waals surface area contributed by atoms with Crippen LogP contribution in [-0.2, 0) is 16.8 Å². The molecule has 2 rings (SSSR count). The number of anilines is 1. The fourth-order valence-electron chi connectivity index (χ4n) is 2.27. The maximum Gasteiger partial charge on any atom is 0.301 e. The van der Waals surface area contributed by atoms with Crippen molar-refractivity contribution in [1.29, 1.82) is 0 Å². The van der Waals surface area contributed by atoms with E-state index in [1.165, 1.54) is 4.31 Å². The standard InChI is InChI=1S/C13H21N3O2S/c1-14-11-12-7-3-4-8-13(12)15-19(17,18)16-9-5-2-6-10-16/h3-4,7-8,14-15H,2,5-6,9-11H2,1H3. The minimum absolute atomic E-state index is 0.615. The second kappa shape index (κ2) is 6.36. The molecule has 0 bridgehead atoms. The summed E-state index contributed by atoms with van der Waals surface area (Å²) in [7, 11) is -1.58. The highest BCUT2D eigenvalue weighted by Crippen LogP contribution is 2.19. The van der Waals surface area contributed by atoms with Crippen molar-refractivity contribution in [3.63, 3.8) is 0 Å². The molecule has 106 valence electrons. The Bertz CT molecular complexity index is 510. The Morgan fingerprint density at radius 3 is 2.53 bits per heavy atom. The minimum atomic E-state index is -3.42. The number of nitrogens with one attached hydrogen (secondary N) is 2. The molecule has 1 saturated heterocycles. The minimum Gasteiger partial charge on any atom is -0.316 e. The van der Waals surface area contributed by atoms with E-state index in [0.717, 1.165) is 24.8 Å². The maximum absolute atomic E-state index is 12.3. The lowest BCUT2D eigenvalue weighted by molar-refractivity contribution is 0.349. The average Bonchev–Trinajstić information content (AvgIpc) is 2.42. The van der Waals surface area contributed by atoms with Crippen LogP contribution in [0, 0.1) is 0 Å². The third kappa shape index (κ3) is 3.68. The molecule has 0 saturated carbocycles. The number of nitrogens with zero attached hydrogens (tertiary/aromatic N) is 1. The second-order valence-electron chi connectivity index (χ2n) is 4.75. The monoisotopic (exact) mass is 283 g/mol. The zero-order valence-corrected chi connectivity index (χ0v) is 12.0. The number of para-hydroxylation sites is 1. The van der Waals surface area contributed by atoms with Gasteiger partial charge in [-0.1, -0.05) is 24.6 Å². The van der Waals surface area contributed by atoms with E-state index in [4.69, 9.17) is 0 Å². The first-order valence-electron chi connectivity index (χ1n) is 6.64. The molecular weight excluding hydrogens is 262 g/mol. The lowest BCUT2D eigenvalue weighted by Crippen LogP contribution is -2.39. The molecule has 0 aromatic heterocycles. The highest BCUT2D eigenvalue weighted by atomic mass is 32.2. The first-order chi connectivity index (χ1) is 9.13. The molecule has 0 radical (unpaired) electrons. The van der Waals surface area contributed by atoms with Gasteiger partial charge in [0.15, 0.2) is 0 Å². The Hall–Kier alpha value is -1.11. The van der Waals surface area contributed by atoms with Crippen molar-refractivity contribution < 1.29 is 8.42 Å². The number of rotatable bonds is 5. The van der Waals surface area contributed by atoms with E-state index >= 15 is 0 Å². The Kier molecular flexibility index (Phi) is 4.79. The summed E-state index contributed by atoms with van der Waals surface area (Å²) in [5.74, 6) is 0. The molecule has 19 heavy (non-hydrogen) atoms. The van der Waals surface area contributed by atoms with Crippen LogP contribution in [0.25, 0.3) is 0 Å². The summed E-state index contributed by atoms with van der Waals surface area (Å²) < 4.78 is 28.8. The zero-order chi connectivity index (χ0) is 13.7. The van der Waals surface area contributed by atoms with Gasteiger partial charge in [-0.3, -0.25) is 4.72 Å².